The van der Waals surface area contributed by atoms with E-state index in [-0.39, 0.29) is 5.41 Å². The Balaban J connectivity index is 0.000000230. The zero-order valence-corrected chi connectivity index (χ0v) is 37.4. The topological polar surface area (TPSA) is 35.6 Å². The van der Waals surface area contributed by atoms with Gasteiger partial charge in [-0.05, 0) is 99.6 Å². The van der Waals surface area contributed by atoms with E-state index < -0.39 is 0 Å². The molecule has 0 unspecified atom stereocenters. The summed E-state index contributed by atoms with van der Waals surface area (Å²) in [6, 6.07) is 32.6. The second-order valence-electron chi connectivity index (χ2n) is 17.6. The lowest BCUT2D eigenvalue weighted by Crippen LogP contribution is -2.14. The van der Waals surface area contributed by atoms with Crippen LogP contribution in [0.5, 0.6) is 0 Å². The second-order valence-corrected chi connectivity index (χ2v) is 17.6. The minimum atomic E-state index is 0.0340. The van der Waals surface area contributed by atoms with E-state index in [4.69, 9.17) is 4.98 Å². The van der Waals surface area contributed by atoms with E-state index in [1.807, 2.05) is 18.5 Å². The fraction of sp³-hybridized carbons (Fsp3) is 0.333. The Labute approximate surface area is 350 Å². The molecule has 0 fully saturated rings. The number of hydrogen-bond donors (Lipinski definition) is 0. The van der Waals surface area contributed by atoms with Crippen molar-refractivity contribution in [3.8, 4) is 39.6 Å². The van der Waals surface area contributed by atoms with Crippen LogP contribution in [0.2, 0.25) is 0 Å². The van der Waals surface area contributed by atoms with Crippen molar-refractivity contribution in [3.63, 3.8) is 0 Å². The van der Waals surface area contributed by atoms with Crippen LogP contribution in [0.15, 0.2) is 146 Å². The number of imidazole rings is 2. The fourth-order valence-corrected chi connectivity index (χ4v) is 7.95. The highest BCUT2D eigenvalue weighted by Gasteiger charge is 2.25. The van der Waals surface area contributed by atoms with Crippen LogP contribution < -0.4 is 0 Å². The van der Waals surface area contributed by atoms with Gasteiger partial charge in [-0.3, -0.25) is 9.13 Å². The maximum atomic E-state index is 4.88. The summed E-state index contributed by atoms with van der Waals surface area (Å²) in [6.07, 6.45) is 12.2. The molecule has 6 aromatic rings. The fourth-order valence-electron chi connectivity index (χ4n) is 7.95. The first kappa shape index (κ1) is 43.6. The Morgan fingerprint density at radius 3 is 1.74 bits per heavy atom. The second kappa shape index (κ2) is 18.9. The van der Waals surface area contributed by atoms with Crippen LogP contribution in [0.3, 0.4) is 0 Å². The average molecular weight is 771 g/mol. The molecular weight excluding hydrogens is 705 g/mol. The van der Waals surface area contributed by atoms with Crippen molar-refractivity contribution in [1.29, 1.82) is 0 Å². The third kappa shape index (κ3) is 9.45. The maximum Gasteiger partial charge on any atom is 0.144 e. The standard InChI is InChI=1S/C31H36N2.C23H30N2/c1-21(2)26-19-24(23-13-9-8-10-14-23)20-27(22(3)4)29(26)33-18-17-32-30(33)25-15-11-12-16-28(25)31(5,6)7;1-8-19(16(3)4)22(20(9-2)17(5)6)25-15-14-24-23(25)21-13-11-10-12-18(21)7/h8-22H,1-7H3;8-17H,1H2,2-7H3/b;20-9-,22-19-. The van der Waals surface area contributed by atoms with Gasteiger partial charge in [0.15, 0.2) is 0 Å². The molecule has 0 aliphatic heterocycles. The quantitative estimate of drug-likeness (QED) is 0.123. The van der Waals surface area contributed by atoms with Crippen molar-refractivity contribution in [2.24, 2.45) is 11.8 Å². The van der Waals surface area contributed by atoms with Gasteiger partial charge in [0.2, 0.25) is 0 Å². The summed E-state index contributed by atoms with van der Waals surface area (Å²) < 4.78 is 4.55. The van der Waals surface area contributed by atoms with E-state index in [0.29, 0.717) is 23.7 Å². The van der Waals surface area contributed by atoms with Crippen molar-refractivity contribution < 1.29 is 0 Å². The molecule has 0 aliphatic rings. The molecule has 2 heterocycles. The molecule has 4 aromatic carbocycles. The lowest BCUT2D eigenvalue weighted by Gasteiger charge is -2.26. The highest BCUT2D eigenvalue weighted by molar-refractivity contribution is 5.76. The Morgan fingerprint density at radius 2 is 1.21 bits per heavy atom. The minimum absolute atomic E-state index is 0.0340. The van der Waals surface area contributed by atoms with Crippen LogP contribution in [0.4, 0.5) is 0 Å². The highest BCUT2D eigenvalue weighted by Crippen LogP contribution is 2.40. The average Bonchev–Trinajstić information content (AvgIpc) is 3.88. The van der Waals surface area contributed by atoms with Crippen LogP contribution in [0.1, 0.15) is 117 Å². The third-order valence-electron chi connectivity index (χ3n) is 11.0. The molecule has 0 atom stereocenters. The van der Waals surface area contributed by atoms with Crippen molar-refractivity contribution in [3.05, 3.63) is 168 Å². The van der Waals surface area contributed by atoms with Gasteiger partial charge in [0.1, 0.15) is 11.6 Å². The number of hydrogen-bond acceptors (Lipinski definition) is 2. The van der Waals surface area contributed by atoms with E-state index in [0.717, 1.165) is 17.2 Å². The molecule has 0 aliphatic carbocycles. The zero-order valence-electron chi connectivity index (χ0n) is 37.4. The van der Waals surface area contributed by atoms with Crippen molar-refractivity contribution in [2.45, 2.75) is 107 Å². The normalized spacial score (nSPS) is 12.6. The van der Waals surface area contributed by atoms with Crippen LogP contribution in [-0.4, -0.2) is 19.1 Å². The van der Waals surface area contributed by atoms with Crippen molar-refractivity contribution in [2.75, 3.05) is 0 Å². The zero-order chi connectivity index (χ0) is 42.3. The number of aryl methyl sites for hydroxylation is 1. The molecule has 0 radical (unpaired) electrons. The van der Waals surface area contributed by atoms with Crippen molar-refractivity contribution >= 4 is 5.70 Å². The molecule has 4 nitrogen and oxygen atoms in total. The smallest absolute Gasteiger partial charge is 0.144 e. The summed E-state index contributed by atoms with van der Waals surface area (Å²) in [5.74, 6) is 3.56. The third-order valence-corrected chi connectivity index (χ3v) is 11.0. The molecular formula is C54H66N4. The predicted octanol–water partition coefficient (Wildman–Crippen LogP) is 15.3. The van der Waals surface area contributed by atoms with Gasteiger partial charge in [-0.1, -0.05) is 174 Å². The molecule has 58 heavy (non-hydrogen) atoms. The SMILES string of the molecule is C=C/C(=C(\C(=C/C)C(C)C)n1ccnc1-c1ccccc1C)C(C)C.CC(C)c1cc(-c2ccccc2)cc(C(C)C)c1-n1ccnc1-c1ccccc1C(C)(C)C. The molecule has 302 valence electrons. The summed E-state index contributed by atoms with van der Waals surface area (Å²) >= 11 is 0. The lowest BCUT2D eigenvalue weighted by molar-refractivity contribution is 0.591. The monoisotopic (exact) mass is 771 g/mol. The maximum absolute atomic E-state index is 4.88. The molecule has 0 amide bonds. The van der Waals surface area contributed by atoms with E-state index in [1.165, 1.54) is 61.5 Å². The predicted molar refractivity (Wildman–Crippen MR) is 251 cm³/mol. The molecule has 0 saturated carbocycles. The summed E-state index contributed by atoms with van der Waals surface area (Å²) in [5, 5.41) is 0. The Bertz CT molecular complexity index is 2340. The van der Waals surface area contributed by atoms with Crippen LogP contribution in [0.25, 0.3) is 45.3 Å². The molecule has 4 heteroatoms. The minimum Gasteiger partial charge on any atom is -0.299 e. The number of allylic oxidation sites excluding steroid dienone is 5. The van der Waals surface area contributed by atoms with E-state index in [2.05, 4.69) is 220 Å². The number of aromatic nitrogens is 4. The molecule has 6 rings (SSSR count). The summed E-state index contributed by atoms with van der Waals surface area (Å²) in [5.41, 5.74) is 15.2. The molecule has 0 bridgehead atoms. The van der Waals surface area contributed by atoms with Crippen LogP contribution in [-0.2, 0) is 5.41 Å². The molecule has 0 spiro atoms. The van der Waals surface area contributed by atoms with Gasteiger partial charge >= 0.3 is 0 Å². The number of rotatable bonds is 11. The lowest BCUT2D eigenvalue weighted by atomic mass is 9.83. The highest BCUT2D eigenvalue weighted by atomic mass is 15.1. The first-order valence-corrected chi connectivity index (χ1v) is 21.1. The number of benzene rings is 4. The van der Waals surface area contributed by atoms with E-state index >= 15 is 0 Å². The summed E-state index contributed by atoms with van der Waals surface area (Å²) in [6.45, 7) is 33.2. The van der Waals surface area contributed by atoms with Gasteiger partial charge in [-0.15, -0.1) is 0 Å². The summed E-state index contributed by atoms with van der Waals surface area (Å²) in [7, 11) is 0. The number of nitrogens with zero attached hydrogens (tertiary/aromatic N) is 4. The van der Waals surface area contributed by atoms with Crippen LogP contribution in [0, 0.1) is 18.8 Å². The van der Waals surface area contributed by atoms with Gasteiger partial charge in [-0.25, -0.2) is 9.97 Å². The van der Waals surface area contributed by atoms with Gasteiger partial charge in [0.05, 0.1) is 11.4 Å². The Morgan fingerprint density at radius 1 is 0.655 bits per heavy atom. The largest absolute Gasteiger partial charge is 0.299 e. The van der Waals surface area contributed by atoms with Crippen LogP contribution >= 0.6 is 0 Å². The van der Waals surface area contributed by atoms with Gasteiger partial charge < -0.3 is 0 Å². The Kier molecular flexibility index (Phi) is 14.2. The first-order valence-electron chi connectivity index (χ1n) is 21.1. The van der Waals surface area contributed by atoms with Gasteiger partial charge in [-0.2, -0.15) is 0 Å². The van der Waals surface area contributed by atoms with Crippen molar-refractivity contribution in [1.82, 2.24) is 19.1 Å². The van der Waals surface area contributed by atoms with Gasteiger partial charge in [0, 0.05) is 35.9 Å². The summed E-state index contributed by atoms with van der Waals surface area (Å²) in [4.78, 5) is 9.57. The molecule has 0 saturated heterocycles. The molecule has 2 aromatic heterocycles. The molecule has 0 N–H and O–H groups in total. The van der Waals surface area contributed by atoms with E-state index in [1.54, 1.807) is 0 Å². The first-order chi connectivity index (χ1) is 27.6. The van der Waals surface area contributed by atoms with E-state index in [9.17, 15) is 0 Å². The Hall–Kier alpha value is -5.48. The van der Waals surface area contributed by atoms with Gasteiger partial charge in [0.25, 0.3) is 0 Å².